The molecule has 1 N–H and O–H groups in total. The van der Waals surface area contributed by atoms with Crippen molar-refractivity contribution in [3.63, 3.8) is 0 Å². The van der Waals surface area contributed by atoms with Gasteiger partial charge in [0.15, 0.2) is 0 Å². The molecule has 1 fully saturated rings. The van der Waals surface area contributed by atoms with Crippen molar-refractivity contribution in [1.29, 1.82) is 0 Å². The van der Waals surface area contributed by atoms with Crippen molar-refractivity contribution < 1.29 is 18.7 Å². The third kappa shape index (κ3) is 3.67. The Kier molecular flexibility index (Phi) is 5.23. The smallest absolute Gasteiger partial charge is 0.258 e. The van der Waals surface area contributed by atoms with Gasteiger partial charge in [0, 0.05) is 29.8 Å². The summed E-state index contributed by atoms with van der Waals surface area (Å²) in [5.74, 6) is -0.716. The summed E-state index contributed by atoms with van der Waals surface area (Å²) < 4.78 is 19.3. The van der Waals surface area contributed by atoms with Crippen LogP contribution in [-0.2, 0) is 21.5 Å². The van der Waals surface area contributed by atoms with Crippen LogP contribution in [0, 0.1) is 5.82 Å². The molecule has 1 saturated heterocycles. The van der Waals surface area contributed by atoms with Gasteiger partial charge in [-0.2, -0.15) is 0 Å². The fourth-order valence-electron chi connectivity index (χ4n) is 4.66. The van der Waals surface area contributed by atoms with Gasteiger partial charge in [-0.15, -0.1) is 0 Å². The zero-order valence-electron chi connectivity index (χ0n) is 17.5. The minimum Gasteiger partial charge on any atom is -0.367 e. The lowest BCUT2D eigenvalue weighted by molar-refractivity contribution is -0.130. The maximum Gasteiger partial charge on any atom is 0.258 e. The van der Waals surface area contributed by atoms with Crippen LogP contribution in [-0.4, -0.2) is 31.1 Å². The standard InChI is InChI=1S/C26H23FN2O3/c27-20-12-10-19(11-13-20)25(31)29-16-26(21-8-4-5-9-22(21)29)14-23(32-17-26)24(30)28-15-18-6-2-1-3-7-18/h1-13,23H,14-17H2,(H,28,30)/t23-,26+/m0/s1. The Morgan fingerprint density at radius 1 is 1.00 bits per heavy atom. The first kappa shape index (κ1) is 20.4. The number of hydrogen-bond donors (Lipinski definition) is 1. The van der Waals surface area contributed by atoms with E-state index in [1.54, 1.807) is 4.90 Å². The molecule has 2 aliphatic rings. The number of anilines is 1. The first-order valence-electron chi connectivity index (χ1n) is 10.7. The Morgan fingerprint density at radius 2 is 1.72 bits per heavy atom. The van der Waals surface area contributed by atoms with E-state index in [1.165, 1.54) is 24.3 Å². The lowest BCUT2D eigenvalue weighted by Gasteiger charge is -2.23. The van der Waals surface area contributed by atoms with Crippen LogP contribution in [0.2, 0.25) is 0 Å². The van der Waals surface area contributed by atoms with Crippen molar-refractivity contribution in [2.45, 2.75) is 24.5 Å². The Morgan fingerprint density at radius 3 is 2.50 bits per heavy atom. The van der Waals surface area contributed by atoms with Crippen LogP contribution in [0.4, 0.5) is 10.1 Å². The Balaban J connectivity index is 1.34. The van der Waals surface area contributed by atoms with Crippen molar-refractivity contribution in [3.05, 3.63) is 101 Å². The molecule has 0 unspecified atom stereocenters. The largest absolute Gasteiger partial charge is 0.367 e. The summed E-state index contributed by atoms with van der Waals surface area (Å²) in [7, 11) is 0. The summed E-state index contributed by atoms with van der Waals surface area (Å²) in [5, 5.41) is 2.96. The second-order valence-electron chi connectivity index (χ2n) is 8.40. The van der Waals surface area contributed by atoms with Crippen molar-refractivity contribution in [1.82, 2.24) is 5.32 Å². The number of rotatable bonds is 4. The zero-order chi connectivity index (χ0) is 22.1. The Hall–Kier alpha value is -3.51. The van der Waals surface area contributed by atoms with Crippen LogP contribution < -0.4 is 10.2 Å². The number of hydrogen-bond acceptors (Lipinski definition) is 3. The highest BCUT2D eigenvalue weighted by Gasteiger charge is 2.51. The summed E-state index contributed by atoms with van der Waals surface area (Å²) in [4.78, 5) is 27.7. The summed E-state index contributed by atoms with van der Waals surface area (Å²) in [6.45, 7) is 1.23. The summed E-state index contributed by atoms with van der Waals surface area (Å²) in [6, 6.07) is 23.0. The van der Waals surface area contributed by atoms with Gasteiger partial charge in [-0.3, -0.25) is 9.59 Å². The fraction of sp³-hybridized carbons (Fsp3) is 0.231. The maximum absolute atomic E-state index is 13.3. The highest BCUT2D eigenvalue weighted by Crippen LogP contribution is 2.47. The van der Waals surface area contributed by atoms with Gasteiger partial charge >= 0.3 is 0 Å². The number of halogens is 1. The number of benzene rings is 3. The molecule has 3 aromatic carbocycles. The Labute approximate surface area is 185 Å². The van der Waals surface area contributed by atoms with Gasteiger partial charge in [0.1, 0.15) is 11.9 Å². The van der Waals surface area contributed by atoms with Crippen molar-refractivity contribution in [3.8, 4) is 0 Å². The first-order valence-corrected chi connectivity index (χ1v) is 10.7. The van der Waals surface area contributed by atoms with E-state index in [2.05, 4.69) is 5.32 Å². The van der Waals surface area contributed by atoms with Gasteiger partial charge in [-0.05, 0) is 47.9 Å². The molecule has 32 heavy (non-hydrogen) atoms. The highest BCUT2D eigenvalue weighted by atomic mass is 19.1. The van der Waals surface area contributed by atoms with E-state index < -0.39 is 11.5 Å². The molecule has 0 saturated carbocycles. The quantitative estimate of drug-likeness (QED) is 0.685. The minimum atomic E-state index is -0.576. The lowest BCUT2D eigenvalue weighted by atomic mass is 9.80. The van der Waals surface area contributed by atoms with Crippen molar-refractivity contribution in [2.75, 3.05) is 18.1 Å². The molecule has 3 aromatic rings. The summed E-state index contributed by atoms with van der Waals surface area (Å²) in [5.41, 5.74) is 2.83. The molecule has 0 aromatic heterocycles. The van der Waals surface area contributed by atoms with E-state index in [0.717, 1.165) is 16.8 Å². The topological polar surface area (TPSA) is 58.6 Å². The third-order valence-corrected chi connectivity index (χ3v) is 6.30. The number of carbonyl (C=O) groups is 2. The van der Waals surface area contributed by atoms with Gasteiger partial charge in [-0.25, -0.2) is 4.39 Å². The molecule has 2 amide bonds. The number of para-hydroxylation sites is 1. The van der Waals surface area contributed by atoms with E-state index in [-0.39, 0.29) is 17.6 Å². The monoisotopic (exact) mass is 430 g/mol. The van der Waals surface area contributed by atoms with Gasteiger partial charge in [0.2, 0.25) is 5.91 Å². The van der Waals surface area contributed by atoms with E-state index in [4.69, 9.17) is 4.74 Å². The van der Waals surface area contributed by atoms with E-state index >= 15 is 0 Å². The molecule has 6 heteroatoms. The van der Waals surface area contributed by atoms with E-state index in [0.29, 0.717) is 31.7 Å². The molecule has 2 atom stereocenters. The SMILES string of the molecule is O=C(NCc1ccccc1)[C@@H]1C[C@]2(CO1)CN(C(=O)c1ccc(F)cc1)c1ccccc12. The molecule has 2 aliphatic heterocycles. The summed E-state index contributed by atoms with van der Waals surface area (Å²) in [6.07, 6.45) is -0.0784. The molecule has 2 heterocycles. The number of ether oxygens (including phenoxy) is 1. The minimum absolute atomic E-state index is 0.147. The van der Waals surface area contributed by atoms with Gasteiger partial charge in [-0.1, -0.05) is 48.5 Å². The average Bonchev–Trinajstić information content (AvgIpc) is 3.41. The molecule has 1 spiro atoms. The van der Waals surface area contributed by atoms with Gasteiger partial charge in [0.05, 0.1) is 6.61 Å². The van der Waals surface area contributed by atoms with Crippen molar-refractivity contribution in [2.24, 2.45) is 0 Å². The molecular weight excluding hydrogens is 407 g/mol. The second-order valence-corrected chi connectivity index (χ2v) is 8.40. The maximum atomic E-state index is 13.3. The van der Waals surface area contributed by atoms with Crippen LogP contribution in [0.3, 0.4) is 0 Å². The molecule has 162 valence electrons. The highest BCUT2D eigenvalue weighted by molar-refractivity contribution is 6.07. The molecule has 0 bridgehead atoms. The van der Waals surface area contributed by atoms with Crippen molar-refractivity contribution >= 4 is 17.5 Å². The number of nitrogens with zero attached hydrogens (tertiary/aromatic N) is 1. The van der Waals surface area contributed by atoms with Crippen LogP contribution >= 0.6 is 0 Å². The first-order chi connectivity index (χ1) is 15.6. The number of carbonyl (C=O) groups excluding carboxylic acids is 2. The predicted molar refractivity (Wildman–Crippen MR) is 119 cm³/mol. The summed E-state index contributed by atoms with van der Waals surface area (Å²) >= 11 is 0. The second kappa shape index (κ2) is 8.20. The van der Waals surface area contributed by atoms with Gasteiger partial charge < -0.3 is 15.0 Å². The number of fused-ring (bicyclic) bond motifs is 2. The zero-order valence-corrected chi connectivity index (χ0v) is 17.5. The third-order valence-electron chi connectivity index (χ3n) is 6.30. The van der Waals surface area contributed by atoms with E-state index in [1.807, 2.05) is 54.6 Å². The van der Waals surface area contributed by atoms with Crippen LogP contribution in [0.5, 0.6) is 0 Å². The molecule has 5 rings (SSSR count). The lowest BCUT2D eigenvalue weighted by Crippen LogP contribution is -2.39. The van der Waals surface area contributed by atoms with Gasteiger partial charge in [0.25, 0.3) is 5.91 Å². The Bertz CT molecular complexity index is 1150. The normalized spacial score (nSPS) is 21.5. The van der Waals surface area contributed by atoms with Crippen LogP contribution in [0.15, 0.2) is 78.9 Å². The fourth-order valence-corrected chi connectivity index (χ4v) is 4.66. The number of nitrogens with one attached hydrogen (secondary N) is 1. The molecule has 0 radical (unpaired) electrons. The molecule has 0 aliphatic carbocycles. The average molecular weight is 430 g/mol. The van der Waals surface area contributed by atoms with Crippen LogP contribution in [0.1, 0.15) is 27.9 Å². The molecular formula is C26H23FN2O3. The van der Waals surface area contributed by atoms with E-state index in [9.17, 15) is 14.0 Å². The predicted octanol–water partition coefficient (Wildman–Crippen LogP) is 3.83. The molecule has 5 nitrogen and oxygen atoms in total. The number of amides is 2. The van der Waals surface area contributed by atoms with Crippen LogP contribution in [0.25, 0.3) is 0 Å².